The van der Waals surface area contributed by atoms with Gasteiger partial charge in [0, 0.05) is 23.2 Å². The van der Waals surface area contributed by atoms with Crippen molar-refractivity contribution in [1.82, 2.24) is 9.80 Å². The molecule has 2 amide bonds. The maximum absolute atomic E-state index is 14.7. The number of thioether (sulfide) groups is 1. The Morgan fingerprint density at radius 2 is 1.78 bits per heavy atom. The summed E-state index contributed by atoms with van der Waals surface area (Å²) in [5, 5.41) is 10.5. The molecule has 5 rings (SSSR count). The summed E-state index contributed by atoms with van der Waals surface area (Å²) in [7, 11) is 0. The number of nitrogens with zero attached hydrogens (tertiary/aromatic N) is 2. The van der Waals surface area contributed by atoms with Crippen LogP contribution in [0, 0.1) is 11.8 Å². The van der Waals surface area contributed by atoms with Crippen LogP contribution in [0.1, 0.15) is 17.5 Å². The van der Waals surface area contributed by atoms with Crippen molar-refractivity contribution in [3.05, 3.63) is 97.1 Å². The molecule has 9 heteroatoms. The van der Waals surface area contributed by atoms with E-state index in [1.807, 2.05) is 60.7 Å². The first-order chi connectivity index (χ1) is 19.9. The molecule has 7 nitrogen and oxygen atoms in total. The third-order valence-corrected chi connectivity index (χ3v) is 11.6. The van der Waals surface area contributed by atoms with Gasteiger partial charge in [-0.2, -0.15) is 0 Å². The van der Waals surface area contributed by atoms with Gasteiger partial charge in [-0.3, -0.25) is 14.4 Å². The van der Waals surface area contributed by atoms with Crippen LogP contribution in [-0.2, 0) is 32.1 Å². The van der Waals surface area contributed by atoms with E-state index < -0.39 is 34.6 Å². The number of ether oxygens (including phenoxy) is 1. The van der Waals surface area contributed by atoms with Crippen LogP contribution in [0.15, 0.2) is 86.0 Å². The largest absolute Gasteiger partial charge is 0.461 e. The van der Waals surface area contributed by atoms with Crippen molar-refractivity contribution in [3.63, 3.8) is 0 Å². The molecule has 3 aliphatic heterocycles. The number of aliphatic hydroxyl groups excluding tert-OH is 1. The van der Waals surface area contributed by atoms with Gasteiger partial charge in [-0.25, -0.2) is 0 Å². The number of fused-ring (bicyclic) bond motifs is 1. The number of alkyl halides is 1. The molecule has 41 heavy (non-hydrogen) atoms. The van der Waals surface area contributed by atoms with Crippen LogP contribution >= 0.6 is 27.7 Å². The summed E-state index contributed by atoms with van der Waals surface area (Å²) in [6.45, 7) is 7.91. The average Bonchev–Trinajstić information content (AvgIpc) is 3.58. The molecular weight excluding hydrogens is 604 g/mol. The number of halogens is 1. The molecule has 7 atom stereocenters. The Hall–Kier alpha value is -2.88. The highest BCUT2D eigenvalue weighted by Crippen LogP contribution is 2.68. The number of carbonyl (C=O) groups is 3. The molecule has 3 heterocycles. The van der Waals surface area contributed by atoms with Gasteiger partial charge in [-0.05, 0) is 24.0 Å². The molecule has 0 radical (unpaired) electrons. The summed E-state index contributed by atoms with van der Waals surface area (Å²) in [4.78, 5) is 45.8. The van der Waals surface area contributed by atoms with Crippen molar-refractivity contribution < 1.29 is 24.2 Å². The first kappa shape index (κ1) is 29.6. The molecule has 3 aliphatic rings. The van der Waals surface area contributed by atoms with Crippen LogP contribution in [0.25, 0.3) is 0 Å². The number of likely N-dealkylation sites (tertiary alicyclic amines) is 1. The standard InChI is InChI=1S/C32H35BrN2O5S/c1-3-15-34(19-22-13-9-6-10-14-22)30(38)28-32-18-24(33)27(41-32)25(31(39)40-16-4-2)26(32)29(37)35(28)23(20-36)17-21-11-7-5-8-12-21/h3-14,23-28,36H,1-2,15-20H2/t23-,24?,25+,26+,27+,28?,32?/m1/s1. The monoisotopic (exact) mass is 638 g/mol. The molecule has 3 saturated heterocycles. The van der Waals surface area contributed by atoms with Crippen LogP contribution in [0.2, 0.25) is 0 Å². The van der Waals surface area contributed by atoms with E-state index in [1.165, 1.54) is 6.08 Å². The lowest BCUT2D eigenvalue weighted by Crippen LogP contribution is -2.58. The van der Waals surface area contributed by atoms with Gasteiger partial charge in [0.25, 0.3) is 0 Å². The molecule has 2 aromatic rings. The van der Waals surface area contributed by atoms with E-state index >= 15 is 0 Å². The first-order valence-corrected chi connectivity index (χ1v) is 15.7. The highest BCUT2D eigenvalue weighted by atomic mass is 79.9. The highest BCUT2D eigenvalue weighted by molar-refractivity contribution is 9.09. The lowest BCUT2D eigenvalue weighted by molar-refractivity contribution is -0.153. The Morgan fingerprint density at radius 3 is 2.39 bits per heavy atom. The number of hydrogen-bond donors (Lipinski definition) is 1. The second-order valence-corrected chi connectivity index (χ2v) is 13.6. The maximum Gasteiger partial charge on any atom is 0.311 e. The first-order valence-electron chi connectivity index (χ1n) is 13.9. The Labute approximate surface area is 253 Å². The normalized spacial score (nSPS) is 28.7. The molecule has 216 valence electrons. The van der Waals surface area contributed by atoms with Crippen LogP contribution < -0.4 is 0 Å². The quantitative estimate of drug-likeness (QED) is 0.215. The smallest absolute Gasteiger partial charge is 0.311 e. The van der Waals surface area contributed by atoms with E-state index in [0.29, 0.717) is 25.9 Å². The third kappa shape index (κ3) is 5.40. The Morgan fingerprint density at radius 1 is 1.12 bits per heavy atom. The molecule has 1 spiro atoms. The zero-order chi connectivity index (χ0) is 29.1. The lowest BCUT2D eigenvalue weighted by Gasteiger charge is -2.40. The van der Waals surface area contributed by atoms with Crippen molar-refractivity contribution in [2.45, 2.75) is 46.3 Å². The van der Waals surface area contributed by atoms with Gasteiger partial charge in [-0.1, -0.05) is 95.3 Å². The summed E-state index contributed by atoms with van der Waals surface area (Å²) < 4.78 is 4.65. The summed E-state index contributed by atoms with van der Waals surface area (Å²) in [6.07, 6.45) is 4.13. The van der Waals surface area contributed by atoms with E-state index in [2.05, 4.69) is 29.1 Å². The van der Waals surface area contributed by atoms with E-state index in [9.17, 15) is 19.5 Å². The van der Waals surface area contributed by atoms with Gasteiger partial charge in [0.05, 0.1) is 29.2 Å². The number of benzene rings is 2. The van der Waals surface area contributed by atoms with E-state index in [-0.39, 0.29) is 35.1 Å². The number of aliphatic hydroxyl groups is 1. The molecular formula is C32H35BrN2O5S. The fourth-order valence-corrected chi connectivity index (χ4v) is 10.3. The van der Waals surface area contributed by atoms with Crippen LogP contribution in [-0.4, -0.2) is 79.4 Å². The van der Waals surface area contributed by atoms with Gasteiger partial charge in [0.15, 0.2) is 0 Å². The third-order valence-electron chi connectivity index (χ3n) is 8.37. The molecule has 3 unspecified atom stereocenters. The van der Waals surface area contributed by atoms with Crippen molar-refractivity contribution in [3.8, 4) is 0 Å². The SMILES string of the molecule is C=CCOC(=O)[C@H]1[C@H]2C(=O)N([C@@H](CO)Cc3ccccc3)C(C(=O)N(CC=C)Cc3ccccc3)C23CC(Br)[C@@H]1S3. The fraction of sp³-hybridized carbons (Fsp3) is 0.406. The van der Waals surface area contributed by atoms with Crippen molar-refractivity contribution in [2.75, 3.05) is 19.8 Å². The number of esters is 1. The molecule has 2 aromatic carbocycles. The van der Waals surface area contributed by atoms with E-state index in [1.54, 1.807) is 27.6 Å². The molecule has 3 fully saturated rings. The van der Waals surface area contributed by atoms with Gasteiger partial charge in [-0.15, -0.1) is 18.3 Å². The molecule has 0 aliphatic carbocycles. The molecule has 0 aromatic heterocycles. The van der Waals surface area contributed by atoms with Gasteiger partial charge in [0.1, 0.15) is 12.6 Å². The topological polar surface area (TPSA) is 87.1 Å². The average molecular weight is 640 g/mol. The van der Waals surface area contributed by atoms with Gasteiger partial charge < -0.3 is 19.6 Å². The zero-order valence-corrected chi connectivity index (χ0v) is 25.2. The number of rotatable bonds is 12. The zero-order valence-electron chi connectivity index (χ0n) is 22.8. The number of amides is 2. The minimum Gasteiger partial charge on any atom is -0.461 e. The van der Waals surface area contributed by atoms with Crippen molar-refractivity contribution >= 4 is 45.5 Å². The lowest BCUT2D eigenvalue weighted by atomic mass is 9.71. The Balaban J connectivity index is 1.58. The highest BCUT2D eigenvalue weighted by Gasteiger charge is 2.76. The van der Waals surface area contributed by atoms with Crippen LogP contribution in [0.5, 0.6) is 0 Å². The summed E-state index contributed by atoms with van der Waals surface area (Å²) in [6, 6.07) is 17.8. The second-order valence-electron chi connectivity index (χ2n) is 10.8. The Bertz CT molecular complexity index is 1290. The summed E-state index contributed by atoms with van der Waals surface area (Å²) in [5.74, 6) is -2.36. The predicted molar refractivity (Wildman–Crippen MR) is 163 cm³/mol. The van der Waals surface area contributed by atoms with Gasteiger partial charge >= 0.3 is 5.97 Å². The fourth-order valence-electron chi connectivity index (χ4n) is 6.75. The minimum absolute atomic E-state index is 0.0527. The maximum atomic E-state index is 14.7. The second kappa shape index (κ2) is 12.5. The number of hydrogen-bond acceptors (Lipinski definition) is 6. The summed E-state index contributed by atoms with van der Waals surface area (Å²) >= 11 is 5.34. The van der Waals surface area contributed by atoms with Crippen LogP contribution in [0.4, 0.5) is 0 Å². The number of carbonyl (C=O) groups excluding carboxylic acids is 3. The van der Waals surface area contributed by atoms with Crippen molar-refractivity contribution in [1.29, 1.82) is 0 Å². The molecule has 1 N–H and O–H groups in total. The van der Waals surface area contributed by atoms with E-state index in [4.69, 9.17) is 4.74 Å². The molecule has 0 saturated carbocycles. The van der Waals surface area contributed by atoms with E-state index in [0.717, 1.165) is 11.1 Å². The summed E-state index contributed by atoms with van der Waals surface area (Å²) in [5.41, 5.74) is 1.91. The minimum atomic E-state index is -0.864. The van der Waals surface area contributed by atoms with Crippen LogP contribution in [0.3, 0.4) is 0 Å². The predicted octanol–water partition coefficient (Wildman–Crippen LogP) is 4.00. The van der Waals surface area contributed by atoms with Crippen molar-refractivity contribution in [2.24, 2.45) is 11.8 Å². The Kier molecular flexibility index (Phi) is 9.06. The van der Waals surface area contributed by atoms with Gasteiger partial charge in [0.2, 0.25) is 11.8 Å². The molecule has 2 bridgehead atoms.